The Kier molecular flexibility index (Phi) is 4.15. The lowest BCUT2D eigenvalue weighted by Crippen LogP contribution is -2.27. The predicted molar refractivity (Wildman–Crippen MR) is 68.6 cm³/mol. The highest BCUT2D eigenvalue weighted by Gasteiger charge is 2.26. The first-order valence-corrected chi connectivity index (χ1v) is 6.36. The fraction of sp³-hybridized carbons (Fsp3) is 0.500. The minimum absolute atomic E-state index is 0.0708. The van der Waals surface area contributed by atoms with Crippen molar-refractivity contribution in [3.05, 3.63) is 27.7 Å². The van der Waals surface area contributed by atoms with E-state index in [1.807, 2.05) is 0 Å². The third-order valence-corrected chi connectivity index (χ3v) is 3.71. The van der Waals surface area contributed by atoms with E-state index in [1.54, 1.807) is 6.07 Å². The number of phenolic OH excluding ortho intramolecular Hbond substituents is 1. The second kappa shape index (κ2) is 5.44. The number of halogens is 2. The Balaban J connectivity index is 2.26. The van der Waals surface area contributed by atoms with Gasteiger partial charge in [-0.25, -0.2) is 0 Å². The molecule has 0 amide bonds. The molecule has 1 saturated heterocycles. The molecular formula is C12H15Cl2NO2. The van der Waals surface area contributed by atoms with Crippen molar-refractivity contribution in [1.29, 1.82) is 0 Å². The van der Waals surface area contributed by atoms with Crippen LogP contribution in [0.25, 0.3) is 0 Å². The molecule has 0 saturated carbocycles. The Morgan fingerprint density at radius 3 is 2.53 bits per heavy atom. The molecule has 94 valence electrons. The van der Waals surface area contributed by atoms with E-state index < -0.39 is 0 Å². The van der Waals surface area contributed by atoms with Gasteiger partial charge in [-0.1, -0.05) is 23.2 Å². The van der Waals surface area contributed by atoms with E-state index in [0.29, 0.717) is 28.8 Å². The van der Waals surface area contributed by atoms with E-state index in [-0.39, 0.29) is 17.7 Å². The molecule has 2 rings (SSSR count). The monoisotopic (exact) mass is 275 g/mol. The fourth-order valence-electron chi connectivity index (χ4n) is 2.21. The summed E-state index contributed by atoms with van der Waals surface area (Å²) >= 11 is 11.9. The molecule has 1 atom stereocenters. The Morgan fingerprint density at radius 2 is 1.94 bits per heavy atom. The molecule has 1 fully saturated rings. The van der Waals surface area contributed by atoms with Crippen LogP contribution in [0, 0.1) is 5.92 Å². The summed E-state index contributed by atoms with van der Waals surface area (Å²) in [6.45, 7) is 1.43. The zero-order valence-electron chi connectivity index (χ0n) is 9.33. The van der Waals surface area contributed by atoms with Crippen molar-refractivity contribution in [3.63, 3.8) is 0 Å². The van der Waals surface area contributed by atoms with E-state index in [4.69, 9.17) is 33.7 Å². The van der Waals surface area contributed by atoms with Crippen LogP contribution in [0.15, 0.2) is 12.1 Å². The predicted octanol–water partition coefficient (Wildman–Crippen LogP) is 3.13. The Morgan fingerprint density at radius 1 is 1.29 bits per heavy atom. The number of hydrogen-bond donors (Lipinski definition) is 2. The molecule has 0 bridgehead atoms. The van der Waals surface area contributed by atoms with Crippen LogP contribution in [0.1, 0.15) is 24.4 Å². The van der Waals surface area contributed by atoms with Crippen molar-refractivity contribution in [3.8, 4) is 5.75 Å². The van der Waals surface area contributed by atoms with Gasteiger partial charge in [-0.2, -0.15) is 0 Å². The van der Waals surface area contributed by atoms with Crippen LogP contribution in [0.5, 0.6) is 5.75 Å². The second-order valence-corrected chi connectivity index (χ2v) is 5.14. The number of ether oxygens (including phenoxy) is 1. The van der Waals surface area contributed by atoms with Crippen molar-refractivity contribution >= 4 is 23.2 Å². The SMILES string of the molecule is N[C@H](c1c(O)cc(Cl)cc1Cl)C1CCOCC1. The van der Waals surface area contributed by atoms with Gasteiger partial charge in [-0.15, -0.1) is 0 Å². The molecule has 5 heteroatoms. The molecule has 0 aromatic heterocycles. The summed E-state index contributed by atoms with van der Waals surface area (Å²) < 4.78 is 5.29. The van der Waals surface area contributed by atoms with Gasteiger partial charge in [0.05, 0.1) is 5.02 Å². The first-order chi connectivity index (χ1) is 8.09. The second-order valence-electron chi connectivity index (χ2n) is 4.30. The maximum atomic E-state index is 9.89. The summed E-state index contributed by atoms with van der Waals surface area (Å²) in [4.78, 5) is 0. The van der Waals surface area contributed by atoms with Crippen LogP contribution in [0.2, 0.25) is 10.0 Å². The Hall–Kier alpha value is -0.480. The van der Waals surface area contributed by atoms with Gasteiger partial charge in [0.1, 0.15) is 5.75 Å². The third kappa shape index (κ3) is 2.86. The van der Waals surface area contributed by atoms with Gasteiger partial charge >= 0.3 is 0 Å². The highest BCUT2D eigenvalue weighted by molar-refractivity contribution is 6.35. The number of benzene rings is 1. The van der Waals surface area contributed by atoms with Crippen molar-refractivity contribution in [1.82, 2.24) is 0 Å². The Labute approximate surface area is 110 Å². The molecule has 0 spiro atoms. The van der Waals surface area contributed by atoms with Gasteiger partial charge in [0.2, 0.25) is 0 Å². The molecular weight excluding hydrogens is 261 g/mol. The van der Waals surface area contributed by atoms with Crippen molar-refractivity contribution in [2.24, 2.45) is 11.7 Å². The molecule has 17 heavy (non-hydrogen) atoms. The summed E-state index contributed by atoms with van der Waals surface area (Å²) in [7, 11) is 0. The number of rotatable bonds is 2. The van der Waals surface area contributed by atoms with Gasteiger partial charge in [0.25, 0.3) is 0 Å². The van der Waals surface area contributed by atoms with E-state index in [9.17, 15) is 5.11 Å². The minimum Gasteiger partial charge on any atom is -0.508 e. The summed E-state index contributed by atoms with van der Waals surface area (Å²) in [6.07, 6.45) is 1.78. The summed E-state index contributed by atoms with van der Waals surface area (Å²) in [5, 5.41) is 10.7. The van der Waals surface area contributed by atoms with Crippen LogP contribution in [0.3, 0.4) is 0 Å². The highest BCUT2D eigenvalue weighted by atomic mass is 35.5. The first-order valence-electron chi connectivity index (χ1n) is 5.61. The number of nitrogens with two attached hydrogens (primary N) is 1. The van der Waals surface area contributed by atoms with Crippen LogP contribution in [-0.2, 0) is 4.74 Å². The molecule has 3 N–H and O–H groups in total. The van der Waals surface area contributed by atoms with Crippen LogP contribution in [-0.4, -0.2) is 18.3 Å². The zero-order chi connectivity index (χ0) is 12.4. The van der Waals surface area contributed by atoms with E-state index in [1.165, 1.54) is 6.07 Å². The van der Waals surface area contributed by atoms with Crippen LogP contribution < -0.4 is 5.73 Å². The van der Waals surface area contributed by atoms with E-state index >= 15 is 0 Å². The molecule has 0 aliphatic carbocycles. The largest absolute Gasteiger partial charge is 0.508 e. The smallest absolute Gasteiger partial charge is 0.123 e. The number of aromatic hydroxyl groups is 1. The molecule has 1 aromatic carbocycles. The highest BCUT2D eigenvalue weighted by Crippen LogP contribution is 2.38. The van der Waals surface area contributed by atoms with Crippen molar-refractivity contribution in [2.45, 2.75) is 18.9 Å². The Bertz CT molecular complexity index is 382. The van der Waals surface area contributed by atoms with Gasteiger partial charge in [0.15, 0.2) is 0 Å². The van der Waals surface area contributed by atoms with E-state index in [0.717, 1.165) is 12.8 Å². The molecule has 0 radical (unpaired) electrons. The topological polar surface area (TPSA) is 55.5 Å². The number of phenols is 1. The molecule has 0 unspecified atom stereocenters. The molecule has 1 aliphatic rings. The lowest BCUT2D eigenvalue weighted by Gasteiger charge is -2.28. The average molecular weight is 276 g/mol. The molecule has 1 heterocycles. The van der Waals surface area contributed by atoms with Gasteiger partial charge < -0.3 is 15.6 Å². The zero-order valence-corrected chi connectivity index (χ0v) is 10.8. The first kappa shape index (κ1) is 13.0. The number of hydrogen-bond acceptors (Lipinski definition) is 3. The van der Waals surface area contributed by atoms with E-state index in [2.05, 4.69) is 0 Å². The summed E-state index contributed by atoms with van der Waals surface area (Å²) in [6, 6.07) is 2.81. The van der Waals surface area contributed by atoms with Gasteiger partial charge in [-0.3, -0.25) is 0 Å². The molecule has 3 nitrogen and oxygen atoms in total. The summed E-state index contributed by atoms with van der Waals surface area (Å²) in [5.41, 5.74) is 6.76. The molecule has 1 aliphatic heterocycles. The van der Waals surface area contributed by atoms with Crippen molar-refractivity contribution < 1.29 is 9.84 Å². The lowest BCUT2D eigenvalue weighted by molar-refractivity contribution is 0.0581. The average Bonchev–Trinajstić information content (AvgIpc) is 2.28. The van der Waals surface area contributed by atoms with Crippen LogP contribution in [0.4, 0.5) is 0 Å². The summed E-state index contributed by atoms with van der Waals surface area (Å²) in [5.74, 6) is 0.356. The maximum Gasteiger partial charge on any atom is 0.123 e. The third-order valence-electron chi connectivity index (χ3n) is 3.18. The molecule has 1 aromatic rings. The van der Waals surface area contributed by atoms with Gasteiger partial charge in [0, 0.05) is 29.8 Å². The van der Waals surface area contributed by atoms with Crippen molar-refractivity contribution in [2.75, 3.05) is 13.2 Å². The van der Waals surface area contributed by atoms with Crippen LogP contribution >= 0.6 is 23.2 Å². The maximum absolute atomic E-state index is 9.89. The van der Waals surface area contributed by atoms with Gasteiger partial charge in [-0.05, 0) is 30.9 Å². The minimum atomic E-state index is -0.274. The quantitative estimate of drug-likeness (QED) is 0.872. The standard InChI is InChI=1S/C12H15Cl2NO2/c13-8-5-9(14)11(10(16)6-8)12(15)7-1-3-17-4-2-7/h5-7,12,16H,1-4,15H2/t12-/m0/s1. The fourth-order valence-corrected chi connectivity index (χ4v) is 2.82. The lowest BCUT2D eigenvalue weighted by atomic mass is 9.87. The normalized spacial score (nSPS) is 19.2.